The molecule has 3 nitrogen and oxygen atoms in total. The molecule has 19 heavy (non-hydrogen) atoms. The second kappa shape index (κ2) is 5.41. The average molecular weight is 281 g/mol. The SMILES string of the molecule is CC1(C)CCC(NC(=O)c2ccc(Cl)c(N)c2)CC1. The molecule has 2 rings (SSSR count). The van der Waals surface area contributed by atoms with E-state index in [-0.39, 0.29) is 11.9 Å². The van der Waals surface area contributed by atoms with Crippen molar-refractivity contribution in [2.24, 2.45) is 5.41 Å². The first kappa shape index (κ1) is 14.2. The van der Waals surface area contributed by atoms with Gasteiger partial charge in [-0.05, 0) is 49.3 Å². The smallest absolute Gasteiger partial charge is 0.251 e. The van der Waals surface area contributed by atoms with E-state index in [0.717, 1.165) is 25.7 Å². The highest BCUT2D eigenvalue weighted by atomic mass is 35.5. The fourth-order valence-electron chi connectivity index (χ4n) is 2.50. The number of hydrogen-bond acceptors (Lipinski definition) is 2. The molecule has 0 unspecified atom stereocenters. The molecule has 1 aliphatic rings. The molecule has 104 valence electrons. The summed E-state index contributed by atoms with van der Waals surface area (Å²) in [5.74, 6) is -0.0620. The normalized spacial score (nSPS) is 19.1. The number of hydrogen-bond donors (Lipinski definition) is 2. The Balaban J connectivity index is 1.96. The van der Waals surface area contributed by atoms with Crippen LogP contribution in [0.1, 0.15) is 49.9 Å². The van der Waals surface area contributed by atoms with Crippen molar-refractivity contribution in [2.75, 3.05) is 5.73 Å². The quantitative estimate of drug-likeness (QED) is 0.813. The summed E-state index contributed by atoms with van der Waals surface area (Å²) in [5.41, 5.74) is 7.14. The first-order valence-corrected chi connectivity index (χ1v) is 7.11. The van der Waals surface area contributed by atoms with E-state index in [4.69, 9.17) is 17.3 Å². The number of rotatable bonds is 2. The van der Waals surface area contributed by atoms with Crippen molar-refractivity contribution in [3.05, 3.63) is 28.8 Å². The first-order chi connectivity index (χ1) is 8.87. The van der Waals surface area contributed by atoms with E-state index in [1.807, 2.05) is 0 Å². The van der Waals surface area contributed by atoms with Gasteiger partial charge in [-0.25, -0.2) is 0 Å². The van der Waals surface area contributed by atoms with Gasteiger partial charge in [-0.15, -0.1) is 0 Å². The molecule has 4 heteroatoms. The Kier molecular flexibility index (Phi) is 4.04. The lowest BCUT2D eigenvalue weighted by Gasteiger charge is -2.34. The minimum absolute atomic E-state index is 0.0620. The fourth-order valence-corrected chi connectivity index (χ4v) is 2.61. The van der Waals surface area contributed by atoms with E-state index >= 15 is 0 Å². The molecule has 1 saturated carbocycles. The van der Waals surface area contributed by atoms with Crippen LogP contribution in [-0.2, 0) is 0 Å². The van der Waals surface area contributed by atoms with Crippen LogP contribution in [0, 0.1) is 5.41 Å². The lowest BCUT2D eigenvalue weighted by Crippen LogP contribution is -2.39. The number of carbonyl (C=O) groups excluding carboxylic acids is 1. The molecule has 1 amide bonds. The van der Waals surface area contributed by atoms with Crippen LogP contribution in [0.2, 0.25) is 5.02 Å². The third-order valence-electron chi connectivity index (χ3n) is 3.93. The number of benzene rings is 1. The average Bonchev–Trinajstić information content (AvgIpc) is 2.35. The van der Waals surface area contributed by atoms with Crippen molar-refractivity contribution in [1.82, 2.24) is 5.32 Å². The van der Waals surface area contributed by atoms with E-state index in [9.17, 15) is 4.79 Å². The van der Waals surface area contributed by atoms with Crippen LogP contribution in [0.5, 0.6) is 0 Å². The minimum atomic E-state index is -0.0620. The molecule has 0 spiro atoms. The number of amides is 1. The largest absolute Gasteiger partial charge is 0.398 e. The standard InChI is InChI=1S/C15H21ClN2O/c1-15(2)7-5-11(6-8-15)18-14(19)10-3-4-12(16)13(17)9-10/h3-4,9,11H,5-8,17H2,1-2H3,(H,18,19). The molecule has 3 N–H and O–H groups in total. The van der Waals surface area contributed by atoms with Crippen molar-refractivity contribution in [3.8, 4) is 0 Å². The molecule has 1 aliphatic carbocycles. The highest BCUT2D eigenvalue weighted by molar-refractivity contribution is 6.33. The van der Waals surface area contributed by atoms with E-state index in [1.54, 1.807) is 18.2 Å². The molecule has 1 fully saturated rings. The Morgan fingerprint density at radius 1 is 1.37 bits per heavy atom. The third-order valence-corrected chi connectivity index (χ3v) is 4.28. The molecule has 0 aliphatic heterocycles. The van der Waals surface area contributed by atoms with Crippen molar-refractivity contribution in [3.63, 3.8) is 0 Å². The van der Waals surface area contributed by atoms with Gasteiger partial charge in [-0.2, -0.15) is 0 Å². The second-order valence-corrected chi connectivity index (χ2v) is 6.56. The number of anilines is 1. The molecule has 0 heterocycles. The maximum atomic E-state index is 12.1. The highest BCUT2D eigenvalue weighted by Crippen LogP contribution is 2.35. The Labute approximate surface area is 119 Å². The van der Waals surface area contributed by atoms with Gasteiger partial charge in [0.15, 0.2) is 0 Å². The predicted molar refractivity (Wildman–Crippen MR) is 79.4 cm³/mol. The van der Waals surface area contributed by atoms with E-state index in [1.165, 1.54) is 0 Å². The molecule has 0 radical (unpaired) electrons. The zero-order valence-corrected chi connectivity index (χ0v) is 12.3. The van der Waals surface area contributed by atoms with Crippen LogP contribution in [-0.4, -0.2) is 11.9 Å². The molecule has 0 aromatic heterocycles. The number of carbonyl (C=O) groups is 1. The summed E-state index contributed by atoms with van der Waals surface area (Å²) in [6.45, 7) is 4.57. The summed E-state index contributed by atoms with van der Waals surface area (Å²) < 4.78 is 0. The topological polar surface area (TPSA) is 55.1 Å². The number of nitrogens with one attached hydrogen (secondary N) is 1. The number of nitrogens with two attached hydrogens (primary N) is 1. The van der Waals surface area contributed by atoms with Gasteiger partial charge in [-0.1, -0.05) is 25.4 Å². The van der Waals surface area contributed by atoms with Gasteiger partial charge in [-0.3, -0.25) is 4.79 Å². The van der Waals surface area contributed by atoms with Crippen LogP contribution < -0.4 is 11.1 Å². The maximum absolute atomic E-state index is 12.1. The second-order valence-electron chi connectivity index (χ2n) is 6.15. The summed E-state index contributed by atoms with van der Waals surface area (Å²) in [5, 5.41) is 3.56. The highest BCUT2D eigenvalue weighted by Gasteiger charge is 2.27. The molecule has 0 saturated heterocycles. The molecular formula is C15H21ClN2O. The molecule has 1 aromatic carbocycles. The Morgan fingerprint density at radius 2 is 2.00 bits per heavy atom. The van der Waals surface area contributed by atoms with Crippen molar-refractivity contribution < 1.29 is 4.79 Å². The van der Waals surface area contributed by atoms with Gasteiger partial charge in [0.05, 0.1) is 10.7 Å². The van der Waals surface area contributed by atoms with Gasteiger partial charge in [0.2, 0.25) is 0 Å². The molecule has 0 bridgehead atoms. The fraction of sp³-hybridized carbons (Fsp3) is 0.533. The van der Waals surface area contributed by atoms with Crippen LogP contribution >= 0.6 is 11.6 Å². The molecule has 0 atom stereocenters. The van der Waals surface area contributed by atoms with Crippen LogP contribution in [0.15, 0.2) is 18.2 Å². The third kappa shape index (κ3) is 3.63. The Bertz CT molecular complexity index is 475. The van der Waals surface area contributed by atoms with Crippen molar-refractivity contribution in [2.45, 2.75) is 45.6 Å². The summed E-state index contributed by atoms with van der Waals surface area (Å²) >= 11 is 5.85. The summed E-state index contributed by atoms with van der Waals surface area (Å²) in [7, 11) is 0. The van der Waals surface area contributed by atoms with Crippen LogP contribution in [0.4, 0.5) is 5.69 Å². The van der Waals surface area contributed by atoms with Gasteiger partial charge in [0.25, 0.3) is 5.91 Å². The Hall–Kier alpha value is -1.22. The molecule has 1 aromatic rings. The summed E-state index contributed by atoms with van der Waals surface area (Å²) in [6, 6.07) is 5.28. The van der Waals surface area contributed by atoms with E-state index in [0.29, 0.717) is 21.7 Å². The van der Waals surface area contributed by atoms with Crippen LogP contribution in [0.3, 0.4) is 0 Å². The van der Waals surface area contributed by atoms with Gasteiger partial charge in [0.1, 0.15) is 0 Å². The van der Waals surface area contributed by atoms with E-state index < -0.39 is 0 Å². The lowest BCUT2D eigenvalue weighted by atomic mass is 9.75. The van der Waals surface area contributed by atoms with Gasteiger partial charge in [0, 0.05) is 11.6 Å². The van der Waals surface area contributed by atoms with Crippen molar-refractivity contribution >= 4 is 23.2 Å². The number of nitrogen functional groups attached to an aromatic ring is 1. The maximum Gasteiger partial charge on any atom is 0.251 e. The van der Waals surface area contributed by atoms with Crippen molar-refractivity contribution in [1.29, 1.82) is 0 Å². The molecular weight excluding hydrogens is 260 g/mol. The summed E-state index contributed by atoms with van der Waals surface area (Å²) in [6.07, 6.45) is 4.39. The minimum Gasteiger partial charge on any atom is -0.398 e. The summed E-state index contributed by atoms with van der Waals surface area (Å²) in [4.78, 5) is 12.1. The van der Waals surface area contributed by atoms with Gasteiger partial charge < -0.3 is 11.1 Å². The van der Waals surface area contributed by atoms with Crippen LogP contribution in [0.25, 0.3) is 0 Å². The number of halogens is 1. The monoisotopic (exact) mass is 280 g/mol. The first-order valence-electron chi connectivity index (χ1n) is 6.73. The van der Waals surface area contributed by atoms with Gasteiger partial charge >= 0.3 is 0 Å². The van der Waals surface area contributed by atoms with E-state index in [2.05, 4.69) is 19.2 Å². The predicted octanol–water partition coefficient (Wildman–Crippen LogP) is 3.62. The lowest BCUT2D eigenvalue weighted by molar-refractivity contribution is 0.0909. The zero-order valence-electron chi connectivity index (χ0n) is 11.5. The zero-order chi connectivity index (χ0) is 14.0. The Morgan fingerprint density at radius 3 is 2.58 bits per heavy atom.